The maximum atomic E-state index is 6.61. The summed E-state index contributed by atoms with van der Waals surface area (Å²) in [7, 11) is 0. The molecular formula is C24H24Cl2N4OS2. The van der Waals surface area contributed by atoms with Crippen LogP contribution in [0.15, 0.2) is 51.8 Å². The first kappa shape index (κ1) is 24.2. The van der Waals surface area contributed by atoms with Crippen molar-refractivity contribution in [3.8, 4) is 28.5 Å². The summed E-state index contributed by atoms with van der Waals surface area (Å²) < 4.78 is 7.94. The molecule has 0 saturated heterocycles. The molecule has 0 bridgehead atoms. The van der Waals surface area contributed by atoms with Gasteiger partial charge in [0.2, 0.25) is 5.89 Å². The summed E-state index contributed by atoms with van der Waals surface area (Å²) in [4.78, 5) is 1.19. The van der Waals surface area contributed by atoms with Crippen LogP contribution in [0.2, 0.25) is 10.0 Å². The predicted molar refractivity (Wildman–Crippen MR) is 140 cm³/mol. The number of hydrogen-bond donors (Lipinski definition) is 0. The highest BCUT2D eigenvalue weighted by molar-refractivity contribution is 7.98. The van der Waals surface area contributed by atoms with Crippen LogP contribution in [-0.2, 0) is 11.2 Å². The van der Waals surface area contributed by atoms with Gasteiger partial charge in [0.25, 0.3) is 5.89 Å². The molecule has 4 aromatic rings. The summed E-state index contributed by atoms with van der Waals surface area (Å²) in [6, 6.07) is 13.8. The molecule has 0 atom stereocenters. The smallest absolute Gasteiger partial charge is 0.268 e. The third-order valence-electron chi connectivity index (χ3n) is 5.04. The average molecular weight is 520 g/mol. The molecule has 2 heterocycles. The van der Waals surface area contributed by atoms with Crippen LogP contribution >= 0.6 is 46.7 Å². The van der Waals surface area contributed by atoms with Crippen molar-refractivity contribution >= 4 is 46.7 Å². The molecule has 172 valence electrons. The Morgan fingerprint density at radius 2 is 1.73 bits per heavy atom. The first-order chi connectivity index (χ1) is 15.7. The van der Waals surface area contributed by atoms with Crippen molar-refractivity contribution in [3.63, 3.8) is 0 Å². The molecule has 0 fully saturated rings. The standard InChI is InChI=1S/C24H24Cl2N4OS2/c1-24(2,3)23-28-27-22(31-23)20-17(13-32-4)21(14-6-9-16(33-5)10-7-14)30(29-20)19-11-8-15(25)12-18(19)26/h6-12H,13H2,1-5H3. The van der Waals surface area contributed by atoms with Gasteiger partial charge in [-0.2, -0.15) is 16.9 Å². The van der Waals surface area contributed by atoms with Gasteiger partial charge >= 0.3 is 0 Å². The molecule has 0 amide bonds. The van der Waals surface area contributed by atoms with E-state index in [1.54, 1.807) is 29.6 Å². The van der Waals surface area contributed by atoms with Crippen LogP contribution in [-0.4, -0.2) is 32.5 Å². The lowest BCUT2D eigenvalue weighted by molar-refractivity contribution is 0.398. The van der Waals surface area contributed by atoms with E-state index in [0.717, 1.165) is 22.5 Å². The fourth-order valence-electron chi connectivity index (χ4n) is 3.40. The van der Waals surface area contributed by atoms with Crippen molar-refractivity contribution in [2.24, 2.45) is 0 Å². The fourth-order valence-corrected chi connectivity index (χ4v) is 4.86. The molecule has 0 N–H and O–H groups in total. The Morgan fingerprint density at radius 3 is 2.30 bits per heavy atom. The third-order valence-corrected chi connectivity index (χ3v) is 6.90. The van der Waals surface area contributed by atoms with E-state index in [-0.39, 0.29) is 5.41 Å². The lowest BCUT2D eigenvalue weighted by Gasteiger charge is -2.12. The van der Waals surface area contributed by atoms with Gasteiger partial charge in [0.05, 0.1) is 16.4 Å². The highest BCUT2D eigenvalue weighted by atomic mass is 35.5. The number of thioether (sulfide) groups is 2. The van der Waals surface area contributed by atoms with E-state index in [2.05, 4.69) is 47.0 Å². The molecule has 0 aliphatic rings. The van der Waals surface area contributed by atoms with Crippen molar-refractivity contribution in [1.82, 2.24) is 20.0 Å². The van der Waals surface area contributed by atoms with Gasteiger partial charge in [0.15, 0.2) is 5.69 Å². The summed E-state index contributed by atoms with van der Waals surface area (Å²) >= 11 is 16.2. The molecule has 0 spiro atoms. The van der Waals surface area contributed by atoms with Crippen molar-refractivity contribution in [3.05, 3.63) is 64.0 Å². The normalized spacial score (nSPS) is 11.8. The van der Waals surface area contributed by atoms with Gasteiger partial charge in [-0.05, 0) is 42.8 Å². The monoisotopic (exact) mass is 518 g/mol. The zero-order chi connectivity index (χ0) is 23.8. The van der Waals surface area contributed by atoms with Gasteiger partial charge < -0.3 is 4.42 Å². The molecule has 5 nitrogen and oxygen atoms in total. The van der Waals surface area contributed by atoms with Gasteiger partial charge in [-0.15, -0.1) is 22.0 Å². The number of nitrogens with zero attached hydrogens (tertiary/aromatic N) is 4. The Balaban J connectivity index is 1.99. The van der Waals surface area contributed by atoms with Gasteiger partial charge in [0.1, 0.15) is 0 Å². The summed E-state index contributed by atoms with van der Waals surface area (Å²) in [6.07, 6.45) is 4.12. The summed E-state index contributed by atoms with van der Waals surface area (Å²) in [6.45, 7) is 6.12. The predicted octanol–water partition coefficient (Wildman–Crippen LogP) is 7.78. The van der Waals surface area contributed by atoms with Crippen LogP contribution in [0.4, 0.5) is 0 Å². The lowest BCUT2D eigenvalue weighted by atomic mass is 9.97. The minimum Gasteiger partial charge on any atom is -0.419 e. The Labute approximate surface area is 212 Å². The van der Waals surface area contributed by atoms with Crippen LogP contribution in [0.3, 0.4) is 0 Å². The van der Waals surface area contributed by atoms with E-state index >= 15 is 0 Å². The van der Waals surface area contributed by atoms with E-state index in [9.17, 15) is 0 Å². The van der Waals surface area contributed by atoms with E-state index in [1.807, 2.05) is 37.6 Å². The molecule has 0 unspecified atom stereocenters. The minimum atomic E-state index is -0.260. The Hall–Kier alpha value is -1.93. The minimum absolute atomic E-state index is 0.260. The summed E-state index contributed by atoms with van der Waals surface area (Å²) in [5, 5.41) is 14.7. The molecule has 2 aromatic carbocycles. The SMILES string of the molecule is CSCc1c(-c2nnc(C(C)(C)C)o2)nn(-c2ccc(Cl)cc2Cl)c1-c1ccc(SC)cc1. The number of halogens is 2. The topological polar surface area (TPSA) is 56.7 Å². The Morgan fingerprint density at radius 1 is 1.00 bits per heavy atom. The molecule has 33 heavy (non-hydrogen) atoms. The molecule has 0 aliphatic heterocycles. The van der Waals surface area contributed by atoms with Crippen LogP contribution in [0.1, 0.15) is 32.2 Å². The second-order valence-electron chi connectivity index (χ2n) is 8.51. The molecule has 2 aromatic heterocycles. The number of aromatic nitrogens is 4. The fraction of sp³-hybridized carbons (Fsp3) is 0.292. The largest absolute Gasteiger partial charge is 0.419 e. The van der Waals surface area contributed by atoms with Crippen LogP contribution in [0.5, 0.6) is 0 Å². The van der Waals surface area contributed by atoms with Crippen molar-refractivity contribution in [2.45, 2.75) is 36.8 Å². The molecule has 4 rings (SSSR count). The molecule has 9 heteroatoms. The highest BCUT2D eigenvalue weighted by Crippen LogP contribution is 2.38. The molecular weight excluding hydrogens is 495 g/mol. The van der Waals surface area contributed by atoms with E-state index < -0.39 is 0 Å². The van der Waals surface area contributed by atoms with Crippen molar-refractivity contribution in [1.29, 1.82) is 0 Å². The van der Waals surface area contributed by atoms with E-state index in [4.69, 9.17) is 32.7 Å². The molecule has 0 saturated carbocycles. The zero-order valence-electron chi connectivity index (χ0n) is 19.0. The number of rotatable bonds is 6. The zero-order valence-corrected chi connectivity index (χ0v) is 22.2. The lowest BCUT2D eigenvalue weighted by Crippen LogP contribution is -2.11. The maximum absolute atomic E-state index is 6.61. The van der Waals surface area contributed by atoms with E-state index in [0.29, 0.717) is 33.3 Å². The van der Waals surface area contributed by atoms with E-state index in [1.165, 1.54) is 4.90 Å². The van der Waals surface area contributed by atoms with Crippen LogP contribution in [0.25, 0.3) is 28.5 Å². The van der Waals surface area contributed by atoms with Gasteiger partial charge in [-0.1, -0.05) is 56.1 Å². The number of benzene rings is 2. The second-order valence-corrected chi connectivity index (χ2v) is 11.1. The number of hydrogen-bond acceptors (Lipinski definition) is 6. The quantitative estimate of drug-likeness (QED) is 0.243. The highest BCUT2D eigenvalue weighted by Gasteiger charge is 2.28. The summed E-state index contributed by atoms with van der Waals surface area (Å²) in [5.41, 5.74) is 4.10. The average Bonchev–Trinajstić information content (AvgIpc) is 3.40. The van der Waals surface area contributed by atoms with Gasteiger partial charge in [-0.3, -0.25) is 0 Å². The van der Waals surface area contributed by atoms with Gasteiger partial charge in [-0.25, -0.2) is 4.68 Å². The van der Waals surface area contributed by atoms with Gasteiger partial charge in [0, 0.05) is 32.2 Å². The first-order valence-corrected chi connectivity index (χ1v) is 13.7. The van der Waals surface area contributed by atoms with Crippen molar-refractivity contribution < 1.29 is 4.42 Å². The van der Waals surface area contributed by atoms with Crippen LogP contribution < -0.4 is 0 Å². The van der Waals surface area contributed by atoms with Crippen molar-refractivity contribution in [2.75, 3.05) is 12.5 Å². The van der Waals surface area contributed by atoms with Crippen LogP contribution in [0, 0.1) is 0 Å². The second kappa shape index (κ2) is 9.74. The Bertz CT molecular complexity index is 1280. The first-order valence-electron chi connectivity index (χ1n) is 10.3. The third kappa shape index (κ3) is 4.97. The summed E-state index contributed by atoms with van der Waals surface area (Å²) in [5.74, 6) is 1.68. The molecule has 0 aliphatic carbocycles. The molecule has 0 radical (unpaired) electrons. The Kier molecular flexibility index (Phi) is 7.15. The maximum Gasteiger partial charge on any atom is 0.268 e.